The first-order valence-electron chi connectivity index (χ1n) is 7.60. The van der Waals surface area contributed by atoms with Gasteiger partial charge in [0.25, 0.3) is 0 Å². The first-order chi connectivity index (χ1) is 8.47. The summed E-state index contributed by atoms with van der Waals surface area (Å²) in [7, 11) is 0. The molecule has 1 heterocycles. The largest absolute Gasteiger partial charge is 0.312 e. The Balaban J connectivity index is 1.90. The van der Waals surface area contributed by atoms with Crippen LogP contribution >= 0.6 is 0 Å². The Hall–Kier alpha value is -0.340. The molecule has 0 bridgehead atoms. The maximum absolute atomic E-state index is 3.55. The molecule has 1 aliphatic rings. The fourth-order valence-electron chi connectivity index (χ4n) is 2.29. The molecule has 0 amide bonds. The van der Waals surface area contributed by atoms with E-state index in [4.69, 9.17) is 0 Å². The van der Waals surface area contributed by atoms with Gasteiger partial charge < -0.3 is 5.32 Å². The summed E-state index contributed by atoms with van der Waals surface area (Å²) in [5.41, 5.74) is 1.84. The zero-order chi connectivity index (χ0) is 13.4. The molecule has 0 aliphatic carbocycles. The van der Waals surface area contributed by atoms with E-state index in [0.717, 1.165) is 6.54 Å². The van der Waals surface area contributed by atoms with Gasteiger partial charge in [-0.3, -0.25) is 4.90 Å². The second kappa shape index (κ2) is 7.96. The van der Waals surface area contributed by atoms with Crippen molar-refractivity contribution in [3.8, 4) is 0 Å². The van der Waals surface area contributed by atoms with Crippen molar-refractivity contribution in [2.75, 3.05) is 26.2 Å². The van der Waals surface area contributed by atoms with Crippen LogP contribution in [-0.2, 0) is 0 Å². The molecule has 0 atom stereocenters. The van der Waals surface area contributed by atoms with E-state index >= 15 is 0 Å². The maximum Gasteiger partial charge on any atom is 0.0165 e. The molecule has 0 aromatic rings. The highest BCUT2D eigenvalue weighted by molar-refractivity contribution is 5.03. The number of nitrogens with one attached hydrogen (secondary N) is 1. The normalized spacial score (nSPS) is 17.9. The highest BCUT2D eigenvalue weighted by atomic mass is 15.1. The van der Waals surface area contributed by atoms with Crippen LogP contribution in [0, 0.1) is 0 Å². The fraction of sp³-hybridized carbons (Fsp3) is 0.875. The van der Waals surface area contributed by atoms with E-state index in [1.54, 1.807) is 5.57 Å². The standard InChI is InChI=1S/C16H32N2/c1-15-9-13-18(14-10-15)12-8-6-5-7-11-17-16(2,3)4/h9,17H,5-8,10-14H2,1-4H3. The molecular formula is C16H32N2. The van der Waals surface area contributed by atoms with Gasteiger partial charge in [0, 0.05) is 18.6 Å². The summed E-state index contributed by atoms with van der Waals surface area (Å²) in [6.45, 7) is 13.9. The second-order valence-electron chi connectivity index (χ2n) is 6.69. The van der Waals surface area contributed by atoms with Crippen LogP contribution in [-0.4, -0.2) is 36.6 Å². The predicted octanol–water partition coefficient (Wildman–Crippen LogP) is 3.59. The average Bonchev–Trinajstić information content (AvgIpc) is 2.29. The van der Waals surface area contributed by atoms with Crippen molar-refractivity contribution in [3.63, 3.8) is 0 Å². The van der Waals surface area contributed by atoms with Crippen LogP contribution in [0.25, 0.3) is 0 Å². The van der Waals surface area contributed by atoms with Gasteiger partial charge in [0.15, 0.2) is 0 Å². The van der Waals surface area contributed by atoms with Gasteiger partial charge in [-0.1, -0.05) is 24.5 Å². The van der Waals surface area contributed by atoms with E-state index in [-0.39, 0.29) is 5.54 Å². The van der Waals surface area contributed by atoms with Gasteiger partial charge in [0.05, 0.1) is 0 Å². The van der Waals surface area contributed by atoms with Crippen molar-refractivity contribution >= 4 is 0 Å². The molecule has 0 saturated carbocycles. The monoisotopic (exact) mass is 252 g/mol. The Morgan fingerprint density at radius 3 is 2.50 bits per heavy atom. The summed E-state index contributed by atoms with van der Waals surface area (Å²) >= 11 is 0. The predicted molar refractivity (Wildman–Crippen MR) is 81.0 cm³/mol. The number of hydrogen-bond donors (Lipinski definition) is 1. The van der Waals surface area contributed by atoms with E-state index in [2.05, 4.69) is 44.0 Å². The summed E-state index contributed by atoms with van der Waals surface area (Å²) in [6.07, 6.45) is 9.09. The lowest BCUT2D eigenvalue weighted by Crippen LogP contribution is -2.36. The third-order valence-electron chi connectivity index (χ3n) is 3.58. The number of unbranched alkanes of at least 4 members (excludes halogenated alkanes) is 3. The molecule has 2 nitrogen and oxygen atoms in total. The first kappa shape index (κ1) is 15.7. The second-order valence-corrected chi connectivity index (χ2v) is 6.69. The van der Waals surface area contributed by atoms with E-state index in [1.165, 1.54) is 51.7 Å². The number of nitrogens with zero attached hydrogens (tertiary/aromatic N) is 1. The van der Waals surface area contributed by atoms with Crippen LogP contribution in [0.4, 0.5) is 0 Å². The Morgan fingerprint density at radius 2 is 1.89 bits per heavy atom. The third-order valence-corrected chi connectivity index (χ3v) is 3.58. The molecule has 0 aromatic carbocycles. The molecule has 1 rings (SSSR count). The Morgan fingerprint density at radius 1 is 1.17 bits per heavy atom. The molecule has 0 saturated heterocycles. The summed E-state index contributed by atoms with van der Waals surface area (Å²) in [6, 6.07) is 0. The molecule has 0 aromatic heterocycles. The molecule has 2 heteroatoms. The Kier molecular flexibility index (Phi) is 6.95. The lowest BCUT2D eigenvalue weighted by molar-refractivity contribution is 0.286. The molecule has 0 spiro atoms. The Labute approximate surface area is 114 Å². The van der Waals surface area contributed by atoms with Gasteiger partial charge in [0.2, 0.25) is 0 Å². The fourth-order valence-corrected chi connectivity index (χ4v) is 2.29. The smallest absolute Gasteiger partial charge is 0.0165 e. The van der Waals surface area contributed by atoms with Crippen molar-refractivity contribution in [1.29, 1.82) is 0 Å². The molecule has 106 valence electrons. The van der Waals surface area contributed by atoms with Gasteiger partial charge in [-0.15, -0.1) is 0 Å². The first-order valence-corrected chi connectivity index (χ1v) is 7.60. The van der Waals surface area contributed by atoms with Crippen molar-refractivity contribution in [3.05, 3.63) is 11.6 Å². The van der Waals surface area contributed by atoms with E-state index in [9.17, 15) is 0 Å². The van der Waals surface area contributed by atoms with Crippen molar-refractivity contribution < 1.29 is 0 Å². The highest BCUT2D eigenvalue weighted by Gasteiger charge is 2.09. The van der Waals surface area contributed by atoms with Crippen LogP contribution < -0.4 is 5.32 Å². The van der Waals surface area contributed by atoms with E-state index in [1.807, 2.05) is 0 Å². The third kappa shape index (κ3) is 7.88. The Bertz CT molecular complexity index is 250. The minimum Gasteiger partial charge on any atom is -0.312 e. The molecule has 1 aliphatic heterocycles. The van der Waals surface area contributed by atoms with Gasteiger partial charge >= 0.3 is 0 Å². The van der Waals surface area contributed by atoms with Gasteiger partial charge in [-0.05, 0) is 60.0 Å². The quantitative estimate of drug-likeness (QED) is 0.550. The number of hydrogen-bond acceptors (Lipinski definition) is 2. The zero-order valence-corrected chi connectivity index (χ0v) is 12.9. The summed E-state index contributed by atoms with van der Waals surface area (Å²) in [5, 5.41) is 3.55. The number of rotatable bonds is 7. The zero-order valence-electron chi connectivity index (χ0n) is 12.9. The maximum atomic E-state index is 3.55. The van der Waals surface area contributed by atoms with E-state index in [0.29, 0.717) is 0 Å². The van der Waals surface area contributed by atoms with Crippen LogP contribution in [0.15, 0.2) is 11.6 Å². The minimum atomic E-state index is 0.276. The highest BCUT2D eigenvalue weighted by Crippen LogP contribution is 2.11. The van der Waals surface area contributed by atoms with Crippen molar-refractivity contribution in [2.24, 2.45) is 0 Å². The summed E-state index contributed by atoms with van der Waals surface area (Å²) in [4.78, 5) is 2.58. The van der Waals surface area contributed by atoms with E-state index < -0.39 is 0 Å². The van der Waals surface area contributed by atoms with Crippen LogP contribution in [0.5, 0.6) is 0 Å². The van der Waals surface area contributed by atoms with Gasteiger partial charge in [0.1, 0.15) is 0 Å². The molecule has 0 radical (unpaired) electrons. The molecule has 0 unspecified atom stereocenters. The molecule has 1 N–H and O–H groups in total. The lowest BCUT2D eigenvalue weighted by Gasteiger charge is -2.25. The molecule has 0 fully saturated rings. The summed E-state index contributed by atoms with van der Waals surface area (Å²) in [5.74, 6) is 0. The molecule has 18 heavy (non-hydrogen) atoms. The van der Waals surface area contributed by atoms with Crippen LogP contribution in [0.2, 0.25) is 0 Å². The van der Waals surface area contributed by atoms with Crippen LogP contribution in [0.3, 0.4) is 0 Å². The molecular weight excluding hydrogens is 220 g/mol. The van der Waals surface area contributed by atoms with Gasteiger partial charge in [-0.2, -0.15) is 0 Å². The SMILES string of the molecule is CC1=CCN(CCCCCCNC(C)(C)C)CC1. The lowest BCUT2D eigenvalue weighted by atomic mass is 10.1. The van der Waals surface area contributed by atoms with Crippen molar-refractivity contribution in [2.45, 2.75) is 65.3 Å². The average molecular weight is 252 g/mol. The van der Waals surface area contributed by atoms with Gasteiger partial charge in [-0.25, -0.2) is 0 Å². The summed E-state index contributed by atoms with van der Waals surface area (Å²) < 4.78 is 0. The topological polar surface area (TPSA) is 15.3 Å². The minimum absolute atomic E-state index is 0.276. The van der Waals surface area contributed by atoms with Crippen molar-refractivity contribution in [1.82, 2.24) is 10.2 Å². The van der Waals surface area contributed by atoms with Crippen LogP contribution in [0.1, 0.15) is 59.8 Å².